The van der Waals surface area contributed by atoms with E-state index in [1.54, 1.807) is 0 Å². The first-order valence-electron chi connectivity index (χ1n) is 6.43. The van der Waals surface area contributed by atoms with Gasteiger partial charge in [-0.05, 0) is 45.2 Å². The first-order valence-corrected chi connectivity index (χ1v) is 6.43. The summed E-state index contributed by atoms with van der Waals surface area (Å²) < 4.78 is 0. The second-order valence-corrected chi connectivity index (χ2v) is 5.80. The molecule has 1 saturated heterocycles. The first-order chi connectivity index (χ1) is 7.00. The van der Waals surface area contributed by atoms with Crippen LogP contribution in [0, 0.1) is 11.8 Å². The van der Waals surface area contributed by atoms with Crippen LogP contribution in [0.15, 0.2) is 0 Å². The van der Waals surface area contributed by atoms with Gasteiger partial charge in [0.1, 0.15) is 0 Å². The smallest absolute Gasteiger partial charge is 0.0223 e. The Labute approximate surface area is 95.4 Å². The van der Waals surface area contributed by atoms with Crippen LogP contribution in [0.4, 0.5) is 0 Å². The van der Waals surface area contributed by atoms with Gasteiger partial charge in [0.25, 0.3) is 0 Å². The molecule has 1 N–H and O–H groups in total. The Morgan fingerprint density at radius 1 is 1.27 bits per heavy atom. The summed E-state index contributed by atoms with van der Waals surface area (Å²) in [6.07, 6.45) is 2.66. The molecule has 1 fully saturated rings. The van der Waals surface area contributed by atoms with Gasteiger partial charge in [0.15, 0.2) is 0 Å². The van der Waals surface area contributed by atoms with E-state index in [0.29, 0.717) is 6.04 Å². The molecule has 0 aromatic heterocycles. The average molecular weight is 212 g/mol. The summed E-state index contributed by atoms with van der Waals surface area (Å²) in [7, 11) is 2.29. The van der Waals surface area contributed by atoms with E-state index in [1.807, 2.05) is 0 Å². The van der Waals surface area contributed by atoms with Crippen molar-refractivity contribution in [1.29, 1.82) is 0 Å². The maximum absolute atomic E-state index is 3.53. The van der Waals surface area contributed by atoms with Crippen LogP contribution >= 0.6 is 0 Å². The van der Waals surface area contributed by atoms with E-state index < -0.39 is 0 Å². The third-order valence-electron chi connectivity index (χ3n) is 3.63. The Morgan fingerprint density at radius 3 is 2.47 bits per heavy atom. The fourth-order valence-electron chi connectivity index (χ4n) is 2.65. The Morgan fingerprint density at radius 2 is 1.93 bits per heavy atom. The van der Waals surface area contributed by atoms with Crippen LogP contribution in [0.1, 0.15) is 40.5 Å². The number of hydrogen-bond donors (Lipinski definition) is 1. The molecule has 1 rings (SSSR count). The summed E-state index contributed by atoms with van der Waals surface area (Å²) in [5.41, 5.74) is 0. The summed E-state index contributed by atoms with van der Waals surface area (Å²) in [6.45, 7) is 11.7. The van der Waals surface area contributed by atoms with E-state index in [-0.39, 0.29) is 0 Å². The Balaban J connectivity index is 2.40. The molecule has 1 aliphatic rings. The summed E-state index contributed by atoms with van der Waals surface area (Å²) >= 11 is 0. The minimum Gasteiger partial charge on any atom is -0.315 e. The highest BCUT2D eigenvalue weighted by Crippen LogP contribution is 2.19. The van der Waals surface area contributed by atoms with Gasteiger partial charge in [-0.1, -0.05) is 20.8 Å². The lowest BCUT2D eigenvalue weighted by molar-refractivity contribution is 0.124. The maximum atomic E-state index is 3.53. The van der Waals surface area contributed by atoms with Gasteiger partial charge >= 0.3 is 0 Å². The number of nitrogens with one attached hydrogen (secondary N) is 1. The predicted octanol–water partition coefficient (Wildman–Crippen LogP) is 2.35. The molecule has 1 heterocycles. The van der Waals surface area contributed by atoms with Gasteiger partial charge in [-0.25, -0.2) is 0 Å². The lowest BCUT2D eigenvalue weighted by atomic mass is 9.94. The molecule has 0 radical (unpaired) electrons. The Bertz CT molecular complexity index is 179. The van der Waals surface area contributed by atoms with Crippen LogP contribution in [0.5, 0.6) is 0 Å². The van der Waals surface area contributed by atoms with Crippen LogP contribution in [0.3, 0.4) is 0 Å². The average Bonchev–Trinajstić information content (AvgIpc) is 2.15. The zero-order chi connectivity index (χ0) is 11.4. The normalized spacial score (nSPS) is 29.8. The molecule has 90 valence electrons. The molecule has 3 unspecified atom stereocenters. The fourth-order valence-corrected chi connectivity index (χ4v) is 2.65. The number of nitrogens with zero attached hydrogens (tertiary/aromatic N) is 1. The molecule has 0 aromatic carbocycles. The molecule has 2 heteroatoms. The van der Waals surface area contributed by atoms with E-state index in [2.05, 4.69) is 45.0 Å². The van der Waals surface area contributed by atoms with Gasteiger partial charge in [-0.3, -0.25) is 4.90 Å². The molecule has 0 spiro atoms. The highest BCUT2D eigenvalue weighted by atomic mass is 15.2. The van der Waals surface area contributed by atoms with Crippen LogP contribution in [-0.4, -0.2) is 37.1 Å². The van der Waals surface area contributed by atoms with Crippen molar-refractivity contribution in [2.75, 3.05) is 20.1 Å². The molecule has 0 amide bonds. The van der Waals surface area contributed by atoms with Crippen LogP contribution in [0.2, 0.25) is 0 Å². The topological polar surface area (TPSA) is 15.3 Å². The molecule has 2 nitrogen and oxygen atoms in total. The van der Waals surface area contributed by atoms with E-state index in [9.17, 15) is 0 Å². The summed E-state index contributed by atoms with van der Waals surface area (Å²) in [5.74, 6) is 1.63. The summed E-state index contributed by atoms with van der Waals surface area (Å²) in [5, 5.41) is 3.53. The molecular formula is C13H28N2. The van der Waals surface area contributed by atoms with Gasteiger partial charge in [0, 0.05) is 18.6 Å². The quantitative estimate of drug-likeness (QED) is 0.769. The van der Waals surface area contributed by atoms with Crippen molar-refractivity contribution >= 4 is 0 Å². The van der Waals surface area contributed by atoms with Crippen molar-refractivity contribution in [1.82, 2.24) is 10.2 Å². The lowest BCUT2D eigenvalue weighted by Crippen LogP contribution is -2.50. The molecule has 0 saturated carbocycles. The molecule has 0 aromatic rings. The van der Waals surface area contributed by atoms with E-state index in [1.165, 1.54) is 25.9 Å². The molecule has 1 aliphatic heterocycles. The Hall–Kier alpha value is -0.0800. The van der Waals surface area contributed by atoms with Gasteiger partial charge < -0.3 is 5.32 Å². The van der Waals surface area contributed by atoms with Crippen molar-refractivity contribution in [3.05, 3.63) is 0 Å². The van der Waals surface area contributed by atoms with Crippen molar-refractivity contribution in [3.8, 4) is 0 Å². The predicted molar refractivity (Wildman–Crippen MR) is 67.1 cm³/mol. The van der Waals surface area contributed by atoms with Crippen LogP contribution < -0.4 is 5.32 Å². The monoisotopic (exact) mass is 212 g/mol. The third-order valence-corrected chi connectivity index (χ3v) is 3.63. The second-order valence-electron chi connectivity index (χ2n) is 5.80. The van der Waals surface area contributed by atoms with Crippen LogP contribution in [-0.2, 0) is 0 Å². The van der Waals surface area contributed by atoms with E-state index in [0.717, 1.165) is 17.9 Å². The molecule has 15 heavy (non-hydrogen) atoms. The lowest BCUT2D eigenvalue weighted by Gasteiger charge is -2.38. The SMILES string of the molecule is CC(C)CC(C)N(C)C1CNCC(C)C1. The zero-order valence-corrected chi connectivity index (χ0v) is 11.1. The third kappa shape index (κ3) is 4.12. The second kappa shape index (κ2) is 5.86. The minimum absolute atomic E-state index is 0.710. The van der Waals surface area contributed by atoms with Gasteiger partial charge in [0.05, 0.1) is 0 Å². The molecule has 3 atom stereocenters. The van der Waals surface area contributed by atoms with Crippen molar-refractivity contribution in [2.45, 2.75) is 52.6 Å². The highest BCUT2D eigenvalue weighted by Gasteiger charge is 2.25. The molecular weight excluding hydrogens is 184 g/mol. The van der Waals surface area contributed by atoms with E-state index >= 15 is 0 Å². The number of piperidine rings is 1. The number of hydrogen-bond acceptors (Lipinski definition) is 2. The van der Waals surface area contributed by atoms with Gasteiger partial charge in [-0.2, -0.15) is 0 Å². The van der Waals surface area contributed by atoms with E-state index in [4.69, 9.17) is 0 Å². The molecule has 0 bridgehead atoms. The minimum atomic E-state index is 0.710. The first kappa shape index (κ1) is 13.0. The van der Waals surface area contributed by atoms with Crippen molar-refractivity contribution in [3.63, 3.8) is 0 Å². The zero-order valence-electron chi connectivity index (χ0n) is 11.1. The van der Waals surface area contributed by atoms with Gasteiger partial charge in [-0.15, -0.1) is 0 Å². The summed E-state index contributed by atoms with van der Waals surface area (Å²) in [4.78, 5) is 2.57. The fraction of sp³-hybridized carbons (Fsp3) is 1.00. The summed E-state index contributed by atoms with van der Waals surface area (Å²) in [6, 6.07) is 1.45. The van der Waals surface area contributed by atoms with Crippen LogP contribution in [0.25, 0.3) is 0 Å². The number of likely N-dealkylation sites (N-methyl/N-ethyl adjacent to an activating group) is 1. The standard InChI is InChI=1S/C13H28N2/c1-10(2)6-12(4)15(5)13-7-11(3)8-14-9-13/h10-14H,6-9H2,1-5H3. The van der Waals surface area contributed by atoms with Crippen molar-refractivity contribution < 1.29 is 0 Å². The largest absolute Gasteiger partial charge is 0.315 e. The Kier molecular flexibility index (Phi) is 5.07. The highest BCUT2D eigenvalue weighted by molar-refractivity contribution is 4.82. The van der Waals surface area contributed by atoms with Crippen molar-refractivity contribution in [2.24, 2.45) is 11.8 Å². The van der Waals surface area contributed by atoms with Gasteiger partial charge in [0.2, 0.25) is 0 Å². The number of rotatable bonds is 4. The molecule has 0 aliphatic carbocycles. The maximum Gasteiger partial charge on any atom is 0.0223 e.